The second-order valence-corrected chi connectivity index (χ2v) is 11.1. The first-order chi connectivity index (χ1) is 15.9. The molecule has 0 aromatic carbocycles. The lowest BCUT2D eigenvalue weighted by Crippen LogP contribution is -2.56. The zero-order valence-corrected chi connectivity index (χ0v) is 21.1. The number of ether oxygens (including phenoxy) is 1. The van der Waals surface area contributed by atoms with Crippen molar-refractivity contribution in [2.45, 2.75) is 87.8 Å². The molecule has 33 heavy (non-hydrogen) atoms. The average Bonchev–Trinajstić information content (AvgIpc) is 3.42. The third-order valence-electron chi connectivity index (χ3n) is 7.50. The van der Waals surface area contributed by atoms with E-state index in [2.05, 4.69) is 20.4 Å². The quantitative estimate of drug-likeness (QED) is 0.248. The number of unbranched alkanes of at least 4 members (excludes halogenated alkanes) is 2. The molecule has 0 aromatic heterocycles. The van der Waals surface area contributed by atoms with Crippen molar-refractivity contribution in [3.8, 4) is 0 Å². The van der Waals surface area contributed by atoms with E-state index in [1.54, 1.807) is 29.7 Å². The minimum atomic E-state index is -0.571. The molecular formula is C25H40N2O5S. The van der Waals surface area contributed by atoms with Gasteiger partial charge in [-0.05, 0) is 52.4 Å². The van der Waals surface area contributed by atoms with Crippen LogP contribution in [0, 0.1) is 11.8 Å². The lowest BCUT2D eigenvalue weighted by Gasteiger charge is -2.39. The highest BCUT2D eigenvalue weighted by Crippen LogP contribution is 2.66. The van der Waals surface area contributed by atoms with Crippen molar-refractivity contribution >= 4 is 29.5 Å². The summed E-state index contributed by atoms with van der Waals surface area (Å²) in [5, 5.41) is 9.18. The molecule has 3 rings (SSSR count). The molecular weight excluding hydrogens is 440 g/mol. The highest BCUT2D eigenvalue weighted by atomic mass is 32.2. The Morgan fingerprint density at radius 1 is 1.36 bits per heavy atom. The summed E-state index contributed by atoms with van der Waals surface area (Å²) in [6, 6.07) is -0.524. The van der Waals surface area contributed by atoms with E-state index in [9.17, 15) is 14.4 Å². The molecule has 2 amide bonds. The third-order valence-corrected chi connectivity index (χ3v) is 9.45. The lowest BCUT2D eigenvalue weighted by atomic mass is 9.71. The van der Waals surface area contributed by atoms with E-state index in [1.807, 2.05) is 4.90 Å². The van der Waals surface area contributed by atoms with Gasteiger partial charge in [0.25, 0.3) is 0 Å². The summed E-state index contributed by atoms with van der Waals surface area (Å²) >= 11 is 1.68. The summed E-state index contributed by atoms with van der Waals surface area (Å²) in [4.78, 5) is 44.5. The van der Waals surface area contributed by atoms with Crippen LogP contribution in [0.4, 0.5) is 0 Å². The molecule has 1 N–H and O–H groups in total. The van der Waals surface area contributed by atoms with Gasteiger partial charge in [-0.1, -0.05) is 19.4 Å². The molecule has 3 aliphatic heterocycles. The van der Waals surface area contributed by atoms with Crippen LogP contribution in [0.25, 0.3) is 0 Å². The van der Waals surface area contributed by atoms with Gasteiger partial charge in [0.05, 0.1) is 23.2 Å². The number of likely N-dealkylation sites (tertiary alicyclic amines) is 1. The van der Waals surface area contributed by atoms with Gasteiger partial charge in [-0.15, -0.1) is 18.3 Å². The lowest BCUT2D eigenvalue weighted by molar-refractivity contribution is -0.153. The standard InChI is InChI=1S/C25H40N2O5S/c1-5-11-17(4)26(14-6-2)23(30)21-25-13-12-18(33-25)19(24(31)32-7-3)20(25)22(29)27(21)15-9-8-10-16-28/h6,17-21,28H,2,5,7-16H2,1,3-4H3/t17?,18-,19+,20-,21?,25?/m0/s1. The highest BCUT2D eigenvalue weighted by Gasteiger charge is 2.74. The monoisotopic (exact) mass is 480 g/mol. The number of rotatable bonds is 13. The van der Waals surface area contributed by atoms with E-state index in [4.69, 9.17) is 9.84 Å². The van der Waals surface area contributed by atoms with E-state index in [0.29, 0.717) is 19.5 Å². The van der Waals surface area contributed by atoms with Gasteiger partial charge in [-0.3, -0.25) is 14.4 Å². The van der Waals surface area contributed by atoms with Crippen LogP contribution in [-0.4, -0.2) is 81.1 Å². The predicted octanol–water partition coefficient (Wildman–Crippen LogP) is 3.01. The van der Waals surface area contributed by atoms with Crippen LogP contribution in [-0.2, 0) is 19.1 Å². The van der Waals surface area contributed by atoms with Crippen molar-refractivity contribution in [2.24, 2.45) is 11.8 Å². The largest absolute Gasteiger partial charge is 0.466 e. The Balaban J connectivity index is 1.97. The van der Waals surface area contributed by atoms with Crippen molar-refractivity contribution in [3.05, 3.63) is 12.7 Å². The maximum Gasteiger partial charge on any atom is 0.310 e. The molecule has 0 aromatic rings. The fourth-order valence-corrected chi connectivity index (χ4v) is 8.31. The molecule has 3 heterocycles. The average molecular weight is 481 g/mol. The minimum Gasteiger partial charge on any atom is -0.466 e. The highest BCUT2D eigenvalue weighted by molar-refractivity contribution is 8.02. The van der Waals surface area contributed by atoms with E-state index in [0.717, 1.165) is 38.5 Å². The SMILES string of the molecule is C=CCN(C(=O)C1N(CCCCCO)C(=O)[C@@H]2[C@H](C(=O)OCC)[C@@H]3CCC12S3)C(C)CCC. The zero-order valence-electron chi connectivity index (χ0n) is 20.3. The van der Waals surface area contributed by atoms with Crippen LogP contribution in [0.2, 0.25) is 0 Å². The van der Waals surface area contributed by atoms with Crippen LogP contribution >= 0.6 is 11.8 Å². The smallest absolute Gasteiger partial charge is 0.310 e. The molecule has 0 radical (unpaired) electrons. The molecule has 3 fully saturated rings. The Kier molecular flexibility index (Phi) is 8.89. The zero-order chi connectivity index (χ0) is 24.2. The molecule has 2 bridgehead atoms. The van der Waals surface area contributed by atoms with E-state index in [1.165, 1.54) is 0 Å². The van der Waals surface area contributed by atoms with Gasteiger partial charge in [-0.25, -0.2) is 0 Å². The number of esters is 1. The van der Waals surface area contributed by atoms with Crippen molar-refractivity contribution in [3.63, 3.8) is 0 Å². The summed E-state index contributed by atoms with van der Waals surface area (Å²) in [6.07, 6.45) is 7.38. The van der Waals surface area contributed by atoms with Crippen molar-refractivity contribution < 1.29 is 24.2 Å². The second-order valence-electron chi connectivity index (χ2n) is 9.54. The maximum atomic E-state index is 14.1. The fourth-order valence-electron chi connectivity index (χ4n) is 6.11. The summed E-state index contributed by atoms with van der Waals surface area (Å²) in [7, 11) is 0. The minimum absolute atomic E-state index is 0.0217. The summed E-state index contributed by atoms with van der Waals surface area (Å²) < 4.78 is 4.80. The van der Waals surface area contributed by atoms with Crippen molar-refractivity contribution in [2.75, 3.05) is 26.3 Å². The van der Waals surface area contributed by atoms with Gasteiger partial charge < -0.3 is 19.6 Å². The second kappa shape index (κ2) is 11.3. The van der Waals surface area contributed by atoms with Gasteiger partial charge in [0.2, 0.25) is 11.8 Å². The third kappa shape index (κ3) is 4.70. The number of hydrogen-bond donors (Lipinski definition) is 1. The normalized spacial score (nSPS) is 30.9. The van der Waals surface area contributed by atoms with Crippen LogP contribution in [0.1, 0.15) is 65.7 Å². The topological polar surface area (TPSA) is 87.2 Å². The maximum absolute atomic E-state index is 14.1. The molecule has 0 aliphatic carbocycles. The molecule has 1 spiro atoms. The van der Waals surface area contributed by atoms with Gasteiger partial charge in [0, 0.05) is 31.0 Å². The first kappa shape index (κ1) is 26.1. The van der Waals surface area contributed by atoms with Gasteiger partial charge >= 0.3 is 5.97 Å². The number of carbonyl (C=O) groups excluding carboxylic acids is 3. The van der Waals surface area contributed by atoms with Crippen LogP contribution in [0.15, 0.2) is 12.7 Å². The summed E-state index contributed by atoms with van der Waals surface area (Å²) in [5.74, 6) is -1.38. The van der Waals surface area contributed by atoms with Crippen molar-refractivity contribution in [1.82, 2.24) is 9.80 Å². The summed E-state index contributed by atoms with van der Waals surface area (Å²) in [6.45, 7) is 11.1. The number of fused-ring (bicyclic) bond motifs is 1. The Morgan fingerprint density at radius 2 is 2.12 bits per heavy atom. The predicted molar refractivity (Wildman–Crippen MR) is 130 cm³/mol. The molecule has 3 unspecified atom stereocenters. The summed E-state index contributed by atoms with van der Waals surface area (Å²) in [5.41, 5.74) is 0. The number of aliphatic hydroxyl groups excluding tert-OH is 1. The first-order valence-corrected chi connectivity index (χ1v) is 13.4. The van der Waals surface area contributed by atoms with E-state index < -0.39 is 22.6 Å². The van der Waals surface area contributed by atoms with E-state index in [-0.39, 0.29) is 42.3 Å². The molecule has 7 nitrogen and oxygen atoms in total. The van der Waals surface area contributed by atoms with Gasteiger partial charge in [-0.2, -0.15) is 0 Å². The van der Waals surface area contributed by atoms with Crippen LogP contribution < -0.4 is 0 Å². The molecule has 0 saturated carbocycles. The van der Waals surface area contributed by atoms with Gasteiger partial charge in [0.15, 0.2) is 0 Å². The van der Waals surface area contributed by atoms with Crippen LogP contribution in [0.3, 0.4) is 0 Å². The van der Waals surface area contributed by atoms with Gasteiger partial charge in [0.1, 0.15) is 6.04 Å². The number of aliphatic hydroxyl groups is 1. The molecule has 3 saturated heterocycles. The Morgan fingerprint density at radius 3 is 2.76 bits per heavy atom. The molecule has 8 heteroatoms. The van der Waals surface area contributed by atoms with Crippen molar-refractivity contribution in [1.29, 1.82) is 0 Å². The molecule has 6 atom stereocenters. The molecule has 3 aliphatic rings. The Hall–Kier alpha value is -1.54. The fraction of sp³-hybridized carbons (Fsp3) is 0.800. The number of hydrogen-bond acceptors (Lipinski definition) is 6. The molecule has 186 valence electrons. The Bertz CT molecular complexity index is 746. The van der Waals surface area contributed by atoms with E-state index >= 15 is 0 Å². The van der Waals surface area contributed by atoms with Crippen LogP contribution in [0.5, 0.6) is 0 Å². The number of thioether (sulfide) groups is 1. The number of amides is 2. The number of nitrogens with zero attached hydrogens (tertiary/aromatic N) is 2. The first-order valence-electron chi connectivity index (χ1n) is 12.5. The Labute approximate surface area is 202 Å². The number of carbonyl (C=O) groups is 3.